The largest absolute Gasteiger partial charge is 0.451 e. The molecule has 0 bridgehead atoms. The Morgan fingerprint density at radius 1 is 1.00 bits per heavy atom. The summed E-state index contributed by atoms with van der Waals surface area (Å²) >= 11 is 0. The number of hydrogen-bond donors (Lipinski definition) is 2. The maximum Gasteiger partial charge on any atom is 0.329 e. The molecule has 2 atom stereocenters. The highest BCUT2D eigenvalue weighted by Gasteiger charge is 2.31. The fraction of sp³-hybridized carbons (Fsp3) is 0.591. The van der Waals surface area contributed by atoms with Crippen molar-refractivity contribution in [2.75, 3.05) is 5.32 Å². The molecule has 2 amide bonds. The van der Waals surface area contributed by atoms with Crippen molar-refractivity contribution in [3.8, 4) is 0 Å². The number of hydrogen-bond acceptors (Lipinski definition) is 4. The van der Waals surface area contributed by atoms with E-state index in [0.29, 0.717) is 5.69 Å². The normalized spacial score (nSPS) is 16.9. The minimum absolute atomic E-state index is 0.0370. The predicted molar refractivity (Wildman–Crippen MR) is 109 cm³/mol. The third-order valence-corrected chi connectivity index (χ3v) is 5.18. The summed E-state index contributed by atoms with van der Waals surface area (Å²) in [5.74, 6) is -1.24. The smallest absolute Gasteiger partial charge is 0.329 e. The molecular formula is C22H32N2O4. The third kappa shape index (κ3) is 6.36. The van der Waals surface area contributed by atoms with Crippen LogP contribution in [-0.2, 0) is 19.1 Å². The molecule has 0 aromatic heterocycles. The van der Waals surface area contributed by atoms with Gasteiger partial charge in [0.15, 0.2) is 6.10 Å². The number of ether oxygens (including phenoxy) is 1. The van der Waals surface area contributed by atoms with Crippen LogP contribution >= 0.6 is 0 Å². The molecule has 1 aliphatic rings. The van der Waals surface area contributed by atoms with Crippen molar-refractivity contribution in [2.24, 2.45) is 11.8 Å². The van der Waals surface area contributed by atoms with E-state index in [9.17, 15) is 14.4 Å². The lowest BCUT2D eigenvalue weighted by Gasteiger charge is -2.26. The molecule has 0 unspecified atom stereocenters. The summed E-state index contributed by atoms with van der Waals surface area (Å²) in [5.41, 5.74) is 1.73. The Morgan fingerprint density at radius 2 is 1.61 bits per heavy atom. The summed E-state index contributed by atoms with van der Waals surface area (Å²) in [4.78, 5) is 37.4. The zero-order chi connectivity index (χ0) is 20.7. The Hall–Kier alpha value is -2.37. The van der Waals surface area contributed by atoms with Gasteiger partial charge < -0.3 is 15.4 Å². The van der Waals surface area contributed by atoms with E-state index in [2.05, 4.69) is 10.6 Å². The molecule has 1 aromatic rings. The van der Waals surface area contributed by atoms with Crippen molar-refractivity contribution in [1.82, 2.24) is 5.32 Å². The molecule has 1 fully saturated rings. The van der Waals surface area contributed by atoms with Crippen LogP contribution in [0, 0.1) is 18.8 Å². The molecule has 0 radical (unpaired) electrons. The fourth-order valence-corrected chi connectivity index (χ4v) is 3.32. The van der Waals surface area contributed by atoms with Gasteiger partial charge >= 0.3 is 5.97 Å². The van der Waals surface area contributed by atoms with Crippen molar-refractivity contribution in [2.45, 2.75) is 71.9 Å². The van der Waals surface area contributed by atoms with E-state index in [1.54, 1.807) is 12.1 Å². The molecule has 28 heavy (non-hydrogen) atoms. The molecule has 0 heterocycles. The van der Waals surface area contributed by atoms with Crippen LogP contribution in [0.1, 0.15) is 58.4 Å². The second-order valence-corrected chi connectivity index (χ2v) is 8.00. The SMILES string of the molecule is Cc1ccc(NC(=O)[C@@H](C)OC(=O)[C@H](NC(=O)C2CCCCC2)C(C)C)cc1. The minimum Gasteiger partial charge on any atom is -0.451 e. The van der Waals surface area contributed by atoms with E-state index in [1.165, 1.54) is 6.92 Å². The van der Waals surface area contributed by atoms with E-state index in [-0.39, 0.29) is 17.7 Å². The highest BCUT2D eigenvalue weighted by atomic mass is 16.5. The maximum atomic E-state index is 12.6. The van der Waals surface area contributed by atoms with Gasteiger partial charge in [-0.15, -0.1) is 0 Å². The van der Waals surface area contributed by atoms with E-state index < -0.39 is 24.0 Å². The predicted octanol–water partition coefficient (Wildman–Crippen LogP) is 3.59. The monoisotopic (exact) mass is 388 g/mol. The number of carbonyl (C=O) groups is 3. The first-order chi connectivity index (χ1) is 13.3. The summed E-state index contributed by atoms with van der Waals surface area (Å²) in [6.45, 7) is 7.19. The van der Waals surface area contributed by atoms with Crippen LogP contribution in [0.4, 0.5) is 5.69 Å². The maximum absolute atomic E-state index is 12.6. The van der Waals surface area contributed by atoms with E-state index in [0.717, 1.165) is 37.7 Å². The first kappa shape index (κ1) is 21.9. The van der Waals surface area contributed by atoms with Crippen LogP contribution in [0.2, 0.25) is 0 Å². The number of benzene rings is 1. The standard InChI is InChI=1S/C22H32N2O4/c1-14(2)19(24-21(26)17-8-6-5-7-9-17)22(27)28-16(4)20(25)23-18-12-10-15(3)11-13-18/h10-14,16-17,19H,5-9H2,1-4H3,(H,23,25)(H,24,26)/t16-,19-/m1/s1. The summed E-state index contributed by atoms with van der Waals surface area (Å²) in [6.07, 6.45) is 4.02. The Kier molecular flexibility index (Phi) is 8.03. The van der Waals surface area contributed by atoms with Gasteiger partial charge in [0.2, 0.25) is 5.91 Å². The lowest BCUT2D eigenvalue weighted by Crippen LogP contribution is -2.49. The van der Waals surface area contributed by atoms with Gasteiger partial charge in [0.1, 0.15) is 6.04 Å². The molecule has 0 saturated heterocycles. The van der Waals surface area contributed by atoms with E-state index in [4.69, 9.17) is 4.74 Å². The number of amides is 2. The lowest BCUT2D eigenvalue weighted by molar-refractivity contribution is -0.157. The van der Waals surface area contributed by atoms with Gasteiger partial charge in [0.05, 0.1) is 0 Å². The molecule has 1 aliphatic carbocycles. The molecule has 0 aliphatic heterocycles. The first-order valence-electron chi connectivity index (χ1n) is 10.2. The first-order valence-corrected chi connectivity index (χ1v) is 10.2. The molecule has 0 spiro atoms. The van der Waals surface area contributed by atoms with Crippen LogP contribution in [0.15, 0.2) is 24.3 Å². The molecule has 2 N–H and O–H groups in total. The third-order valence-electron chi connectivity index (χ3n) is 5.18. The van der Waals surface area contributed by atoms with Crippen LogP contribution in [0.5, 0.6) is 0 Å². The summed E-state index contributed by atoms with van der Waals surface area (Å²) in [5, 5.41) is 5.57. The second-order valence-electron chi connectivity index (χ2n) is 8.00. The van der Waals surface area contributed by atoms with E-state index in [1.807, 2.05) is 32.9 Å². The molecule has 6 nitrogen and oxygen atoms in total. The molecule has 1 saturated carbocycles. The van der Waals surface area contributed by atoms with Crippen LogP contribution in [-0.4, -0.2) is 29.9 Å². The van der Waals surface area contributed by atoms with Gasteiger partial charge in [-0.2, -0.15) is 0 Å². The van der Waals surface area contributed by atoms with Gasteiger partial charge in [-0.1, -0.05) is 50.8 Å². The highest BCUT2D eigenvalue weighted by molar-refractivity contribution is 5.95. The lowest BCUT2D eigenvalue weighted by atomic mass is 9.88. The fourth-order valence-electron chi connectivity index (χ4n) is 3.32. The van der Waals surface area contributed by atoms with Crippen LogP contribution in [0.25, 0.3) is 0 Å². The Morgan fingerprint density at radius 3 is 2.18 bits per heavy atom. The van der Waals surface area contributed by atoms with Gasteiger partial charge in [-0.05, 0) is 44.7 Å². The van der Waals surface area contributed by atoms with Crippen LogP contribution in [0.3, 0.4) is 0 Å². The van der Waals surface area contributed by atoms with Crippen molar-refractivity contribution in [1.29, 1.82) is 0 Å². The Bertz CT molecular complexity index is 678. The molecular weight excluding hydrogens is 356 g/mol. The van der Waals surface area contributed by atoms with Gasteiger partial charge in [0, 0.05) is 11.6 Å². The average Bonchev–Trinajstić information content (AvgIpc) is 2.67. The van der Waals surface area contributed by atoms with E-state index >= 15 is 0 Å². The summed E-state index contributed by atoms with van der Waals surface area (Å²) in [7, 11) is 0. The number of aryl methyl sites for hydroxylation is 1. The number of nitrogens with one attached hydrogen (secondary N) is 2. The van der Waals surface area contributed by atoms with Crippen molar-refractivity contribution >= 4 is 23.5 Å². The molecule has 2 rings (SSSR count). The molecule has 6 heteroatoms. The number of rotatable bonds is 7. The Balaban J connectivity index is 1.91. The van der Waals surface area contributed by atoms with Crippen molar-refractivity contribution < 1.29 is 19.1 Å². The summed E-state index contributed by atoms with van der Waals surface area (Å²) < 4.78 is 5.35. The van der Waals surface area contributed by atoms with Crippen molar-refractivity contribution in [3.63, 3.8) is 0 Å². The quantitative estimate of drug-likeness (QED) is 0.699. The highest BCUT2D eigenvalue weighted by Crippen LogP contribution is 2.24. The number of esters is 1. The number of anilines is 1. The summed E-state index contributed by atoms with van der Waals surface area (Å²) in [6, 6.07) is 6.61. The van der Waals surface area contributed by atoms with Gasteiger partial charge in [0.25, 0.3) is 5.91 Å². The number of carbonyl (C=O) groups excluding carboxylic acids is 3. The van der Waals surface area contributed by atoms with Gasteiger partial charge in [-0.25, -0.2) is 4.79 Å². The Labute approximate surface area is 167 Å². The molecule has 1 aromatic carbocycles. The van der Waals surface area contributed by atoms with Crippen molar-refractivity contribution in [3.05, 3.63) is 29.8 Å². The second kappa shape index (κ2) is 10.2. The van der Waals surface area contributed by atoms with Crippen LogP contribution < -0.4 is 10.6 Å². The topological polar surface area (TPSA) is 84.5 Å². The van der Waals surface area contributed by atoms with Gasteiger partial charge in [-0.3, -0.25) is 9.59 Å². The minimum atomic E-state index is -0.957. The zero-order valence-corrected chi connectivity index (χ0v) is 17.3. The molecule has 154 valence electrons. The average molecular weight is 389 g/mol. The zero-order valence-electron chi connectivity index (χ0n) is 17.3.